The molecule has 0 saturated heterocycles. The zero-order valence-electron chi connectivity index (χ0n) is 10.7. The second kappa shape index (κ2) is 6.94. The average Bonchev–Trinajstić information content (AvgIpc) is 2.29. The monoisotopic (exact) mass is 236 g/mol. The first-order chi connectivity index (χ1) is 8.11. The summed E-state index contributed by atoms with van der Waals surface area (Å²) in [4.78, 5) is 11.3. The van der Waals surface area contributed by atoms with E-state index in [0.717, 1.165) is 12.8 Å². The molecule has 0 aliphatic heterocycles. The molecule has 0 N–H and O–H groups in total. The minimum atomic E-state index is -0.637. The number of carbonyl (C=O) groups excluding carboxylic acids is 1. The van der Waals surface area contributed by atoms with Crippen molar-refractivity contribution in [2.75, 3.05) is 6.61 Å². The van der Waals surface area contributed by atoms with E-state index in [2.05, 4.69) is 6.92 Å². The molecular weight excluding hydrogens is 216 g/mol. The number of hydrogen-bond acceptors (Lipinski definition) is 3. The van der Waals surface area contributed by atoms with Gasteiger partial charge in [-0.2, -0.15) is 0 Å². The van der Waals surface area contributed by atoms with E-state index in [1.807, 2.05) is 26.0 Å². The summed E-state index contributed by atoms with van der Waals surface area (Å²) in [5, 5.41) is 0. The van der Waals surface area contributed by atoms with Crippen molar-refractivity contribution in [3.8, 4) is 5.75 Å². The molecule has 0 aliphatic rings. The van der Waals surface area contributed by atoms with Crippen molar-refractivity contribution in [1.82, 2.24) is 0 Å². The maximum absolute atomic E-state index is 11.3. The number of carbonyl (C=O) groups is 1. The van der Waals surface area contributed by atoms with Gasteiger partial charge in [-0.25, -0.2) is 4.79 Å². The van der Waals surface area contributed by atoms with Crippen LogP contribution in [0.1, 0.15) is 32.8 Å². The fourth-order valence-electron chi connectivity index (χ4n) is 1.37. The summed E-state index contributed by atoms with van der Waals surface area (Å²) >= 11 is 0. The lowest BCUT2D eigenvalue weighted by atomic mass is 10.1. The van der Waals surface area contributed by atoms with E-state index in [-0.39, 0.29) is 0 Å². The van der Waals surface area contributed by atoms with E-state index in [0.29, 0.717) is 18.3 Å². The van der Waals surface area contributed by atoms with Crippen molar-refractivity contribution in [2.24, 2.45) is 5.92 Å². The zero-order chi connectivity index (χ0) is 12.7. The average molecular weight is 236 g/mol. The molecule has 0 aliphatic carbocycles. The molecule has 3 nitrogen and oxygen atoms in total. The molecule has 1 aromatic rings. The molecule has 0 saturated carbocycles. The Morgan fingerprint density at radius 2 is 1.88 bits per heavy atom. The van der Waals surface area contributed by atoms with Gasteiger partial charge in [0.05, 0.1) is 6.61 Å². The number of aryl methyl sites for hydroxylation is 1. The lowest BCUT2D eigenvalue weighted by Crippen LogP contribution is -2.14. The fourth-order valence-corrected chi connectivity index (χ4v) is 1.37. The second-order valence-electron chi connectivity index (χ2n) is 4.45. The van der Waals surface area contributed by atoms with Crippen molar-refractivity contribution in [3.05, 3.63) is 29.8 Å². The van der Waals surface area contributed by atoms with Gasteiger partial charge in [-0.05, 0) is 30.0 Å². The van der Waals surface area contributed by atoms with Crippen LogP contribution in [0.3, 0.4) is 0 Å². The Bertz CT molecular complexity index is 341. The van der Waals surface area contributed by atoms with Gasteiger partial charge in [-0.3, -0.25) is 0 Å². The Balaban J connectivity index is 2.43. The molecule has 17 heavy (non-hydrogen) atoms. The van der Waals surface area contributed by atoms with Gasteiger partial charge in [-0.15, -0.1) is 0 Å². The van der Waals surface area contributed by atoms with Crippen LogP contribution >= 0.6 is 0 Å². The molecule has 0 amide bonds. The first-order valence-electron chi connectivity index (χ1n) is 6.05. The van der Waals surface area contributed by atoms with E-state index in [9.17, 15) is 4.79 Å². The molecule has 0 unspecified atom stereocenters. The molecule has 94 valence electrons. The third-order valence-electron chi connectivity index (χ3n) is 2.20. The summed E-state index contributed by atoms with van der Waals surface area (Å²) in [6, 6.07) is 7.52. The maximum Gasteiger partial charge on any atom is 0.513 e. The number of ether oxygens (including phenoxy) is 2. The number of benzene rings is 1. The van der Waals surface area contributed by atoms with Crippen molar-refractivity contribution < 1.29 is 14.3 Å². The molecule has 1 rings (SSSR count). The molecule has 3 heteroatoms. The van der Waals surface area contributed by atoms with Gasteiger partial charge in [0.1, 0.15) is 5.75 Å². The Morgan fingerprint density at radius 3 is 2.41 bits per heavy atom. The highest BCUT2D eigenvalue weighted by atomic mass is 16.7. The third kappa shape index (κ3) is 5.38. The second-order valence-corrected chi connectivity index (χ2v) is 4.45. The smallest absolute Gasteiger partial charge is 0.434 e. The molecule has 0 atom stereocenters. The largest absolute Gasteiger partial charge is 0.513 e. The van der Waals surface area contributed by atoms with Crippen LogP contribution in [0.2, 0.25) is 0 Å². The zero-order valence-corrected chi connectivity index (χ0v) is 10.7. The van der Waals surface area contributed by atoms with Crippen LogP contribution in [0.15, 0.2) is 24.3 Å². The summed E-state index contributed by atoms with van der Waals surface area (Å²) in [6.45, 7) is 6.47. The lowest BCUT2D eigenvalue weighted by molar-refractivity contribution is 0.0885. The van der Waals surface area contributed by atoms with Crippen molar-refractivity contribution in [3.63, 3.8) is 0 Å². The quantitative estimate of drug-likeness (QED) is 0.576. The van der Waals surface area contributed by atoms with E-state index in [4.69, 9.17) is 9.47 Å². The molecule has 0 fully saturated rings. The highest BCUT2D eigenvalue weighted by molar-refractivity contribution is 5.63. The lowest BCUT2D eigenvalue weighted by Gasteiger charge is -2.08. The topological polar surface area (TPSA) is 35.5 Å². The minimum absolute atomic E-state index is 0.314. The van der Waals surface area contributed by atoms with E-state index >= 15 is 0 Å². The number of rotatable bonds is 5. The Labute approximate surface area is 103 Å². The van der Waals surface area contributed by atoms with Crippen LogP contribution in [0.4, 0.5) is 4.79 Å². The highest BCUT2D eigenvalue weighted by Gasteiger charge is 2.06. The predicted molar refractivity (Wildman–Crippen MR) is 67.3 cm³/mol. The molecule has 0 heterocycles. The SMILES string of the molecule is CCCc1ccc(OC(=O)OCC(C)C)cc1. The van der Waals surface area contributed by atoms with Crippen LogP contribution < -0.4 is 4.74 Å². The van der Waals surface area contributed by atoms with Gasteiger partial charge in [-0.1, -0.05) is 39.3 Å². The summed E-state index contributed by atoms with van der Waals surface area (Å²) in [7, 11) is 0. The molecule has 0 radical (unpaired) electrons. The van der Waals surface area contributed by atoms with Gasteiger partial charge < -0.3 is 9.47 Å². The summed E-state index contributed by atoms with van der Waals surface area (Å²) in [6.07, 6.45) is 1.51. The number of hydrogen-bond donors (Lipinski definition) is 0. The van der Waals surface area contributed by atoms with Gasteiger partial charge in [0.25, 0.3) is 0 Å². The molecule has 1 aromatic carbocycles. The van der Waals surface area contributed by atoms with Crippen molar-refractivity contribution in [1.29, 1.82) is 0 Å². The van der Waals surface area contributed by atoms with E-state index in [1.54, 1.807) is 12.1 Å². The summed E-state index contributed by atoms with van der Waals surface area (Å²) < 4.78 is 9.96. The van der Waals surface area contributed by atoms with Gasteiger partial charge in [0.2, 0.25) is 0 Å². The van der Waals surface area contributed by atoms with Crippen LogP contribution in [0.25, 0.3) is 0 Å². The van der Waals surface area contributed by atoms with Crippen LogP contribution in [-0.2, 0) is 11.2 Å². The fraction of sp³-hybridized carbons (Fsp3) is 0.500. The molecule has 0 spiro atoms. The summed E-state index contributed by atoms with van der Waals surface area (Å²) in [5.41, 5.74) is 1.25. The van der Waals surface area contributed by atoms with Gasteiger partial charge >= 0.3 is 6.16 Å². The van der Waals surface area contributed by atoms with Crippen LogP contribution in [0, 0.1) is 5.92 Å². The standard InChI is InChI=1S/C14H20O3/c1-4-5-12-6-8-13(9-7-12)17-14(15)16-10-11(2)3/h6-9,11H,4-5,10H2,1-3H3. The Kier molecular flexibility index (Phi) is 5.53. The highest BCUT2D eigenvalue weighted by Crippen LogP contribution is 2.14. The maximum atomic E-state index is 11.3. The predicted octanol–water partition coefficient (Wildman–Crippen LogP) is 3.81. The van der Waals surface area contributed by atoms with E-state index in [1.165, 1.54) is 5.56 Å². The van der Waals surface area contributed by atoms with Gasteiger partial charge in [0, 0.05) is 0 Å². The first kappa shape index (κ1) is 13.6. The molecule has 0 aromatic heterocycles. The van der Waals surface area contributed by atoms with Gasteiger partial charge in [0.15, 0.2) is 0 Å². The molecular formula is C14H20O3. The van der Waals surface area contributed by atoms with Crippen molar-refractivity contribution in [2.45, 2.75) is 33.6 Å². The molecule has 0 bridgehead atoms. The van der Waals surface area contributed by atoms with Crippen LogP contribution in [-0.4, -0.2) is 12.8 Å². The Morgan fingerprint density at radius 1 is 1.24 bits per heavy atom. The van der Waals surface area contributed by atoms with Crippen molar-refractivity contribution >= 4 is 6.16 Å². The first-order valence-corrected chi connectivity index (χ1v) is 6.05. The van der Waals surface area contributed by atoms with E-state index < -0.39 is 6.16 Å². The normalized spacial score (nSPS) is 10.4. The minimum Gasteiger partial charge on any atom is -0.434 e. The third-order valence-corrected chi connectivity index (χ3v) is 2.20. The summed E-state index contributed by atoms with van der Waals surface area (Å²) in [5.74, 6) is 0.841. The van der Waals surface area contributed by atoms with Crippen LogP contribution in [0.5, 0.6) is 5.75 Å². The Hall–Kier alpha value is -1.51.